The van der Waals surface area contributed by atoms with Crippen LogP contribution in [-0.4, -0.2) is 32.2 Å². The van der Waals surface area contributed by atoms with Crippen molar-refractivity contribution in [3.63, 3.8) is 0 Å². The lowest BCUT2D eigenvalue weighted by Gasteiger charge is -2.28. The van der Waals surface area contributed by atoms with Gasteiger partial charge in [-0.05, 0) is 43.7 Å². The first-order chi connectivity index (χ1) is 13.3. The zero-order chi connectivity index (χ0) is 20.7. The Morgan fingerprint density at radius 2 is 1.57 bits per heavy atom. The number of benzene rings is 2. The third kappa shape index (κ3) is 5.32. The second-order valence-corrected chi connectivity index (χ2v) is 8.32. The van der Waals surface area contributed by atoms with E-state index in [0.717, 1.165) is 11.3 Å². The zero-order valence-electron chi connectivity index (χ0n) is 16.5. The molecule has 1 N–H and O–H groups in total. The van der Waals surface area contributed by atoms with E-state index in [1.54, 1.807) is 26.0 Å². The summed E-state index contributed by atoms with van der Waals surface area (Å²) >= 11 is 0. The average molecular weight is 407 g/mol. The third-order valence-electron chi connectivity index (χ3n) is 4.04. The van der Waals surface area contributed by atoms with Crippen molar-refractivity contribution in [2.45, 2.75) is 19.6 Å². The van der Waals surface area contributed by atoms with E-state index in [4.69, 9.17) is 9.05 Å². The van der Waals surface area contributed by atoms with Crippen LogP contribution in [0.1, 0.15) is 25.2 Å². The summed E-state index contributed by atoms with van der Waals surface area (Å²) in [5.41, 5.74) is 2.29. The van der Waals surface area contributed by atoms with Crippen molar-refractivity contribution in [2.24, 2.45) is 0 Å². The Morgan fingerprint density at radius 3 is 2.00 bits per heavy atom. The van der Waals surface area contributed by atoms with Gasteiger partial charge in [-0.25, -0.2) is 0 Å². The van der Waals surface area contributed by atoms with Crippen molar-refractivity contribution >= 4 is 24.7 Å². The molecule has 0 saturated heterocycles. The minimum atomic E-state index is -3.55. The van der Waals surface area contributed by atoms with Crippen molar-refractivity contribution in [3.8, 4) is 0 Å². The van der Waals surface area contributed by atoms with Crippen LogP contribution >= 0.6 is 7.60 Å². The number of nitrogens with zero attached hydrogens (tertiary/aromatic N) is 2. The van der Waals surface area contributed by atoms with Gasteiger partial charge in [-0.3, -0.25) is 14.7 Å². The predicted molar refractivity (Wildman–Crippen MR) is 111 cm³/mol. The van der Waals surface area contributed by atoms with E-state index in [0.29, 0.717) is 5.69 Å². The van der Waals surface area contributed by atoms with Crippen LogP contribution in [0.25, 0.3) is 0 Å². The van der Waals surface area contributed by atoms with Gasteiger partial charge in [0.15, 0.2) is 5.78 Å². The number of rotatable bonds is 10. The van der Waals surface area contributed by atoms with Crippen molar-refractivity contribution < 1.29 is 18.5 Å². The zero-order valence-corrected chi connectivity index (χ0v) is 17.4. The molecule has 0 aliphatic carbocycles. The number of nitro groups is 1. The quantitative estimate of drug-likeness (QED) is 0.335. The second kappa shape index (κ2) is 9.68. The highest BCUT2D eigenvalue weighted by Gasteiger charge is 2.37. The Balaban J connectivity index is 2.42. The van der Waals surface area contributed by atoms with Crippen molar-refractivity contribution in [1.82, 2.24) is 0 Å². The molecule has 0 aromatic heterocycles. The molecule has 2 rings (SSSR count). The molecule has 2 aromatic carbocycles. The van der Waals surface area contributed by atoms with Crippen LogP contribution in [0.15, 0.2) is 48.5 Å². The van der Waals surface area contributed by atoms with Crippen molar-refractivity contribution in [3.05, 3.63) is 64.2 Å². The van der Waals surface area contributed by atoms with Crippen molar-refractivity contribution in [2.75, 3.05) is 37.5 Å². The van der Waals surface area contributed by atoms with Gasteiger partial charge in [-0.15, -0.1) is 0 Å². The Bertz CT molecular complexity index is 814. The van der Waals surface area contributed by atoms with Crippen LogP contribution in [0.4, 0.5) is 17.1 Å². The Hall–Kier alpha value is -2.41. The minimum absolute atomic E-state index is 0.0183. The highest BCUT2D eigenvalue weighted by atomic mass is 31.2. The molecule has 0 radical (unpaired) electrons. The number of anilines is 2. The van der Waals surface area contributed by atoms with Crippen molar-refractivity contribution in [1.29, 1.82) is 0 Å². The smallest absolute Gasteiger partial charge is 0.357 e. The molecular formula is C19H26N3O5P. The SMILES string of the molecule is CCOP(=O)(OCC)C(Nc1ccc([N+](=O)[O-])cc1)c1ccc(N(C)C)cc1. The van der Waals surface area contributed by atoms with Gasteiger partial charge in [-0.1, -0.05) is 12.1 Å². The lowest BCUT2D eigenvalue weighted by atomic mass is 10.2. The topological polar surface area (TPSA) is 93.9 Å². The fourth-order valence-electron chi connectivity index (χ4n) is 2.68. The third-order valence-corrected chi connectivity index (χ3v) is 6.34. The van der Waals surface area contributed by atoms with Crippen LogP contribution in [0, 0.1) is 10.1 Å². The molecule has 1 unspecified atom stereocenters. The van der Waals surface area contributed by atoms with Crippen LogP contribution in [0.5, 0.6) is 0 Å². The number of nitro benzene ring substituents is 1. The van der Waals surface area contributed by atoms with Crippen LogP contribution in [0.3, 0.4) is 0 Å². The molecule has 0 saturated carbocycles. The Morgan fingerprint density at radius 1 is 1.04 bits per heavy atom. The van der Waals surface area contributed by atoms with Gasteiger partial charge in [0, 0.05) is 37.6 Å². The molecule has 0 heterocycles. The monoisotopic (exact) mass is 407 g/mol. The Labute approximate surface area is 165 Å². The van der Waals surface area contributed by atoms with Gasteiger partial charge >= 0.3 is 7.60 Å². The summed E-state index contributed by atoms with van der Waals surface area (Å²) in [5, 5.41) is 14.0. The second-order valence-electron chi connectivity index (χ2n) is 6.21. The fourth-order valence-corrected chi connectivity index (χ4v) is 4.62. The van der Waals surface area contributed by atoms with Gasteiger partial charge in [0.05, 0.1) is 18.1 Å². The molecule has 28 heavy (non-hydrogen) atoms. The molecule has 8 nitrogen and oxygen atoms in total. The van der Waals surface area contributed by atoms with Gasteiger partial charge in [0.1, 0.15) is 0 Å². The van der Waals surface area contributed by atoms with E-state index in [-0.39, 0.29) is 18.9 Å². The van der Waals surface area contributed by atoms with E-state index in [9.17, 15) is 14.7 Å². The molecule has 2 aromatic rings. The van der Waals surface area contributed by atoms with Gasteiger partial charge < -0.3 is 19.3 Å². The number of nitrogens with one attached hydrogen (secondary N) is 1. The first kappa shape index (κ1) is 21.9. The molecular weight excluding hydrogens is 381 g/mol. The molecule has 0 fully saturated rings. The Kier molecular flexibility index (Phi) is 7.57. The molecule has 0 aliphatic heterocycles. The first-order valence-electron chi connectivity index (χ1n) is 8.97. The maximum absolute atomic E-state index is 13.5. The van der Waals surface area contributed by atoms with E-state index >= 15 is 0 Å². The minimum Gasteiger partial charge on any atom is -0.378 e. The van der Waals surface area contributed by atoms with Gasteiger partial charge in [-0.2, -0.15) is 0 Å². The van der Waals surface area contributed by atoms with E-state index in [2.05, 4.69) is 5.32 Å². The predicted octanol–water partition coefficient (Wildman–Crippen LogP) is 5.04. The van der Waals surface area contributed by atoms with Crippen LogP contribution in [0.2, 0.25) is 0 Å². The number of hydrogen-bond donors (Lipinski definition) is 1. The highest BCUT2D eigenvalue weighted by Crippen LogP contribution is 2.60. The fraction of sp³-hybridized carbons (Fsp3) is 0.368. The average Bonchev–Trinajstić information content (AvgIpc) is 2.67. The normalized spacial score (nSPS) is 12.4. The molecule has 0 bridgehead atoms. The standard InChI is InChI=1S/C19H26N3O5P/c1-5-26-28(25,27-6-2)19(15-7-11-17(12-8-15)21(3)4)20-16-9-13-18(14-10-16)22(23)24/h7-14,19-20H,5-6H2,1-4H3. The first-order valence-corrected chi connectivity index (χ1v) is 10.6. The lowest BCUT2D eigenvalue weighted by Crippen LogP contribution is -2.16. The molecule has 1 atom stereocenters. The van der Waals surface area contributed by atoms with Gasteiger partial charge in [0.2, 0.25) is 0 Å². The summed E-state index contributed by atoms with van der Waals surface area (Å²) in [5.74, 6) is -0.759. The van der Waals surface area contributed by atoms with Crippen LogP contribution < -0.4 is 10.2 Å². The number of hydrogen-bond acceptors (Lipinski definition) is 7. The molecule has 0 amide bonds. The molecule has 0 aliphatic rings. The van der Waals surface area contributed by atoms with E-state index in [1.807, 2.05) is 43.3 Å². The molecule has 0 spiro atoms. The summed E-state index contributed by atoms with van der Waals surface area (Å²) in [6, 6.07) is 13.5. The summed E-state index contributed by atoms with van der Waals surface area (Å²) in [4.78, 5) is 12.4. The molecule has 9 heteroatoms. The largest absolute Gasteiger partial charge is 0.378 e. The summed E-state index contributed by atoms with van der Waals surface area (Å²) in [6.45, 7) is 3.96. The van der Waals surface area contributed by atoms with Gasteiger partial charge in [0.25, 0.3) is 5.69 Å². The summed E-state index contributed by atoms with van der Waals surface area (Å²) < 4.78 is 24.6. The molecule has 152 valence electrons. The lowest BCUT2D eigenvalue weighted by molar-refractivity contribution is -0.384. The summed E-state index contributed by atoms with van der Waals surface area (Å²) in [6.07, 6.45) is 0. The summed E-state index contributed by atoms with van der Waals surface area (Å²) in [7, 11) is 0.330. The maximum Gasteiger partial charge on any atom is 0.357 e. The van der Waals surface area contributed by atoms with Crippen LogP contribution in [-0.2, 0) is 13.6 Å². The van der Waals surface area contributed by atoms with E-state index in [1.165, 1.54) is 12.1 Å². The highest BCUT2D eigenvalue weighted by molar-refractivity contribution is 7.54. The number of non-ortho nitro benzene ring substituents is 1. The van der Waals surface area contributed by atoms with E-state index < -0.39 is 18.3 Å². The maximum atomic E-state index is 13.5.